The molecular formula is C16H24N4OS. The molecule has 5 nitrogen and oxygen atoms in total. The molecule has 0 aromatic carbocycles. The minimum Gasteiger partial charge on any atom is -0.338 e. The lowest BCUT2D eigenvalue weighted by Crippen LogP contribution is -2.48. The quantitative estimate of drug-likeness (QED) is 0.777. The van der Waals surface area contributed by atoms with Crippen LogP contribution in [0.3, 0.4) is 0 Å². The van der Waals surface area contributed by atoms with E-state index >= 15 is 0 Å². The largest absolute Gasteiger partial charge is 0.338 e. The van der Waals surface area contributed by atoms with E-state index in [0.717, 1.165) is 44.2 Å². The molecule has 2 atom stereocenters. The normalized spacial score (nSPS) is 24.4. The molecule has 4 heterocycles. The summed E-state index contributed by atoms with van der Waals surface area (Å²) in [4.78, 5) is 25.7. The van der Waals surface area contributed by atoms with Gasteiger partial charge < -0.3 is 9.80 Å². The van der Waals surface area contributed by atoms with E-state index in [0.29, 0.717) is 23.6 Å². The van der Waals surface area contributed by atoms with Gasteiger partial charge in [-0.25, -0.2) is 9.97 Å². The maximum absolute atomic E-state index is 12.5. The molecule has 6 heteroatoms. The molecule has 1 amide bonds. The zero-order valence-electron chi connectivity index (χ0n) is 13.1. The van der Waals surface area contributed by atoms with Crippen molar-refractivity contribution in [3.05, 3.63) is 18.5 Å². The molecule has 2 unspecified atom stereocenters. The third kappa shape index (κ3) is 3.54. The molecule has 0 saturated carbocycles. The average molecular weight is 320 g/mol. The summed E-state index contributed by atoms with van der Waals surface area (Å²) in [6.45, 7) is 4.89. The second-order valence-electron chi connectivity index (χ2n) is 6.15. The van der Waals surface area contributed by atoms with Crippen molar-refractivity contribution in [1.29, 1.82) is 0 Å². The summed E-state index contributed by atoms with van der Waals surface area (Å²) in [5, 5.41) is 0. The molecule has 2 bridgehead atoms. The Bertz CT molecular complexity index is 498. The first-order valence-corrected chi connectivity index (χ1v) is 9.32. The molecule has 3 aliphatic rings. The van der Waals surface area contributed by atoms with Gasteiger partial charge in [-0.1, -0.05) is 6.92 Å². The van der Waals surface area contributed by atoms with Crippen LogP contribution in [0.4, 0.5) is 5.95 Å². The number of amides is 1. The summed E-state index contributed by atoms with van der Waals surface area (Å²) >= 11 is 1.76. The van der Waals surface area contributed by atoms with Crippen molar-refractivity contribution in [2.45, 2.75) is 32.2 Å². The first-order valence-electron chi connectivity index (χ1n) is 8.17. The van der Waals surface area contributed by atoms with E-state index in [1.165, 1.54) is 6.42 Å². The number of fused-ring (bicyclic) bond motifs is 4. The lowest BCUT2D eigenvalue weighted by Gasteiger charge is -2.36. The second-order valence-corrected chi connectivity index (χ2v) is 7.25. The van der Waals surface area contributed by atoms with Gasteiger partial charge in [-0.2, -0.15) is 11.8 Å². The van der Waals surface area contributed by atoms with Crippen LogP contribution in [0.1, 0.15) is 26.2 Å². The number of aromatic nitrogens is 2. The van der Waals surface area contributed by atoms with Crippen molar-refractivity contribution in [1.82, 2.24) is 14.9 Å². The van der Waals surface area contributed by atoms with Gasteiger partial charge in [-0.15, -0.1) is 0 Å². The number of anilines is 1. The second kappa shape index (κ2) is 7.31. The average Bonchev–Trinajstić information content (AvgIpc) is 2.87. The van der Waals surface area contributed by atoms with E-state index in [1.807, 2.05) is 6.07 Å². The number of carbonyl (C=O) groups excluding carboxylic acids is 1. The predicted octanol–water partition coefficient (Wildman–Crippen LogP) is 2.05. The molecule has 22 heavy (non-hydrogen) atoms. The number of piperidine rings is 1. The van der Waals surface area contributed by atoms with Gasteiger partial charge in [-0.3, -0.25) is 4.79 Å². The van der Waals surface area contributed by atoms with E-state index in [4.69, 9.17) is 0 Å². The third-order valence-corrected chi connectivity index (χ3v) is 5.59. The fourth-order valence-electron chi connectivity index (χ4n) is 3.39. The van der Waals surface area contributed by atoms with Crippen molar-refractivity contribution in [3.63, 3.8) is 0 Å². The van der Waals surface area contributed by atoms with E-state index < -0.39 is 0 Å². The Morgan fingerprint density at radius 1 is 1.27 bits per heavy atom. The Hall–Kier alpha value is -1.30. The van der Waals surface area contributed by atoms with E-state index in [9.17, 15) is 4.79 Å². The Labute approximate surface area is 136 Å². The topological polar surface area (TPSA) is 49.3 Å². The molecule has 3 saturated heterocycles. The zero-order valence-corrected chi connectivity index (χ0v) is 14.0. The van der Waals surface area contributed by atoms with Crippen LogP contribution < -0.4 is 4.90 Å². The Kier molecular flexibility index (Phi) is 5.18. The number of rotatable bonds is 5. The van der Waals surface area contributed by atoms with Crippen LogP contribution in [0.5, 0.6) is 0 Å². The summed E-state index contributed by atoms with van der Waals surface area (Å²) in [7, 11) is 0. The maximum Gasteiger partial charge on any atom is 0.232 e. The van der Waals surface area contributed by atoms with Crippen molar-refractivity contribution in [3.8, 4) is 0 Å². The Balaban J connectivity index is 1.67. The molecule has 0 radical (unpaired) electrons. The summed E-state index contributed by atoms with van der Waals surface area (Å²) < 4.78 is 0. The van der Waals surface area contributed by atoms with Crippen LogP contribution in [0.2, 0.25) is 0 Å². The van der Waals surface area contributed by atoms with Crippen LogP contribution in [0.15, 0.2) is 18.5 Å². The highest BCUT2D eigenvalue weighted by atomic mass is 32.2. The zero-order chi connectivity index (χ0) is 15.4. The van der Waals surface area contributed by atoms with Crippen LogP contribution in [-0.2, 0) is 4.79 Å². The molecule has 1 aromatic rings. The van der Waals surface area contributed by atoms with Crippen LogP contribution in [0.25, 0.3) is 0 Å². The highest BCUT2D eigenvalue weighted by Gasteiger charge is 2.37. The third-order valence-electron chi connectivity index (χ3n) is 4.44. The summed E-state index contributed by atoms with van der Waals surface area (Å²) in [6, 6.07) is 2.16. The maximum atomic E-state index is 12.5. The predicted molar refractivity (Wildman–Crippen MR) is 90.1 cm³/mol. The van der Waals surface area contributed by atoms with Gasteiger partial charge in [0.1, 0.15) is 0 Å². The highest BCUT2D eigenvalue weighted by Crippen LogP contribution is 2.29. The van der Waals surface area contributed by atoms with Gasteiger partial charge in [-0.05, 0) is 37.0 Å². The SMILES string of the molecule is CCCSCC(=O)N1CC2CCC1CN(c1ncccn1)C2. The standard InChI is InChI=1S/C16H24N4OS/c1-2-8-22-12-15(21)20-10-13-4-5-14(20)11-19(9-13)16-17-6-3-7-18-16/h3,6-7,13-14H,2,4-5,8-12H2,1H3. The minimum absolute atomic E-state index is 0.309. The van der Waals surface area contributed by atoms with Gasteiger partial charge in [0.05, 0.1) is 5.75 Å². The summed E-state index contributed by atoms with van der Waals surface area (Å²) in [5.41, 5.74) is 0. The molecule has 4 rings (SSSR count). The van der Waals surface area contributed by atoms with E-state index in [2.05, 4.69) is 26.7 Å². The van der Waals surface area contributed by atoms with Gasteiger partial charge >= 0.3 is 0 Å². The van der Waals surface area contributed by atoms with E-state index in [-0.39, 0.29) is 0 Å². The monoisotopic (exact) mass is 320 g/mol. The summed E-state index contributed by atoms with van der Waals surface area (Å²) in [6.07, 6.45) is 7.03. The van der Waals surface area contributed by atoms with E-state index in [1.54, 1.807) is 24.2 Å². The first kappa shape index (κ1) is 15.6. The molecule has 3 fully saturated rings. The summed E-state index contributed by atoms with van der Waals surface area (Å²) in [5.74, 6) is 3.34. The number of hydrogen-bond acceptors (Lipinski definition) is 5. The van der Waals surface area contributed by atoms with Crippen molar-refractivity contribution >= 4 is 23.6 Å². The van der Waals surface area contributed by atoms with Crippen molar-refractivity contribution in [2.24, 2.45) is 5.92 Å². The Morgan fingerprint density at radius 2 is 2.09 bits per heavy atom. The number of nitrogens with zero attached hydrogens (tertiary/aromatic N) is 4. The number of hydrogen-bond donors (Lipinski definition) is 0. The molecule has 0 spiro atoms. The minimum atomic E-state index is 0.309. The molecule has 0 aliphatic carbocycles. The highest BCUT2D eigenvalue weighted by molar-refractivity contribution is 7.99. The molecule has 3 aliphatic heterocycles. The van der Waals surface area contributed by atoms with Gasteiger partial charge in [0, 0.05) is 38.1 Å². The molecule has 1 aromatic heterocycles. The van der Waals surface area contributed by atoms with Gasteiger partial charge in [0.25, 0.3) is 0 Å². The smallest absolute Gasteiger partial charge is 0.232 e. The molecular weight excluding hydrogens is 296 g/mol. The number of carbonyl (C=O) groups is 1. The van der Waals surface area contributed by atoms with Crippen LogP contribution in [-0.4, -0.2) is 58.0 Å². The number of thioether (sulfide) groups is 1. The molecule has 120 valence electrons. The fourth-order valence-corrected chi connectivity index (χ4v) is 4.17. The van der Waals surface area contributed by atoms with Crippen molar-refractivity contribution < 1.29 is 4.79 Å². The fraction of sp³-hybridized carbons (Fsp3) is 0.688. The van der Waals surface area contributed by atoms with Gasteiger partial charge in [0.2, 0.25) is 11.9 Å². The lowest BCUT2D eigenvalue weighted by atomic mass is 9.95. The van der Waals surface area contributed by atoms with Crippen LogP contribution in [0, 0.1) is 5.92 Å². The van der Waals surface area contributed by atoms with Crippen molar-refractivity contribution in [2.75, 3.05) is 36.0 Å². The molecule has 0 N–H and O–H groups in total. The van der Waals surface area contributed by atoms with Crippen LogP contribution >= 0.6 is 11.8 Å². The van der Waals surface area contributed by atoms with Gasteiger partial charge in [0.15, 0.2) is 0 Å². The Morgan fingerprint density at radius 3 is 2.86 bits per heavy atom. The lowest BCUT2D eigenvalue weighted by molar-refractivity contribution is -0.132. The first-order chi connectivity index (χ1) is 10.8.